The normalized spacial score (nSPS) is 11.5. The Morgan fingerprint density at radius 1 is 0.676 bits per heavy atom. The van der Waals surface area contributed by atoms with E-state index in [1.807, 2.05) is 39.0 Å². The number of hydrogen-bond donors (Lipinski definition) is 1. The van der Waals surface area contributed by atoms with Gasteiger partial charge in [-0.25, -0.2) is 4.79 Å². The molecule has 196 valence electrons. The predicted molar refractivity (Wildman–Crippen MR) is 127 cm³/mol. The van der Waals surface area contributed by atoms with Crippen LogP contribution in [0.25, 0.3) is 0 Å². The van der Waals surface area contributed by atoms with E-state index in [0.717, 1.165) is 0 Å². The number of nitrogens with two attached hydrogens (primary N) is 1. The lowest BCUT2D eigenvalue weighted by atomic mass is 10.2. The van der Waals surface area contributed by atoms with Crippen LogP contribution in [-0.4, -0.2) is 97.5 Å². The molecule has 0 unspecified atom stereocenters. The Morgan fingerprint density at radius 2 is 1.09 bits per heavy atom. The molecule has 0 aliphatic rings. The second-order valence-electron chi connectivity index (χ2n) is 8.09. The maximum absolute atomic E-state index is 11.5. The van der Waals surface area contributed by atoms with Gasteiger partial charge in [-0.3, -0.25) is 0 Å². The van der Waals surface area contributed by atoms with E-state index >= 15 is 0 Å². The number of para-hydroxylation sites is 2. The van der Waals surface area contributed by atoms with Crippen LogP contribution in [0.15, 0.2) is 24.3 Å². The first-order valence-electron chi connectivity index (χ1n) is 11.5. The van der Waals surface area contributed by atoms with Crippen molar-refractivity contribution < 1.29 is 42.7 Å². The van der Waals surface area contributed by atoms with E-state index in [-0.39, 0.29) is 12.6 Å². The first-order valence-corrected chi connectivity index (χ1v) is 11.5. The maximum atomic E-state index is 11.5. The highest BCUT2D eigenvalue weighted by molar-refractivity contribution is 5.71. The molecule has 1 rings (SSSR count). The molecule has 34 heavy (non-hydrogen) atoms. The number of hydrogen-bond acceptors (Lipinski definition) is 10. The molecule has 1 aromatic carbocycles. The molecular formula is C24H41NO9. The molecule has 0 radical (unpaired) electrons. The van der Waals surface area contributed by atoms with Crippen LogP contribution >= 0.6 is 0 Å². The summed E-state index contributed by atoms with van der Waals surface area (Å²) in [5.74, 6) is 0.281. The van der Waals surface area contributed by atoms with Gasteiger partial charge < -0.3 is 43.6 Å². The van der Waals surface area contributed by atoms with Gasteiger partial charge >= 0.3 is 5.97 Å². The summed E-state index contributed by atoms with van der Waals surface area (Å²) in [4.78, 5) is 11.5. The van der Waals surface area contributed by atoms with E-state index < -0.39 is 5.60 Å². The second-order valence-corrected chi connectivity index (χ2v) is 8.09. The molecule has 0 amide bonds. The molecule has 10 heteroatoms. The third-order valence-corrected chi connectivity index (χ3v) is 3.90. The van der Waals surface area contributed by atoms with Crippen molar-refractivity contribution >= 4 is 11.7 Å². The first kappa shape index (κ1) is 30.1. The highest BCUT2D eigenvalue weighted by Crippen LogP contribution is 2.19. The van der Waals surface area contributed by atoms with Gasteiger partial charge in [0.1, 0.15) is 24.6 Å². The van der Waals surface area contributed by atoms with Gasteiger partial charge in [0, 0.05) is 0 Å². The van der Waals surface area contributed by atoms with Crippen molar-refractivity contribution in [2.45, 2.75) is 26.4 Å². The quantitative estimate of drug-likeness (QED) is 0.157. The Balaban J connectivity index is 1.73. The Labute approximate surface area is 202 Å². The van der Waals surface area contributed by atoms with Crippen LogP contribution in [0.1, 0.15) is 20.8 Å². The summed E-state index contributed by atoms with van der Waals surface area (Å²) in [5, 5.41) is 0. The Kier molecular flexibility index (Phi) is 17.1. The maximum Gasteiger partial charge on any atom is 0.332 e. The largest absolute Gasteiger partial charge is 0.489 e. The molecule has 0 aliphatic heterocycles. The van der Waals surface area contributed by atoms with Crippen LogP contribution in [0, 0.1) is 0 Å². The average Bonchev–Trinajstić information content (AvgIpc) is 2.77. The third-order valence-electron chi connectivity index (χ3n) is 3.90. The fourth-order valence-corrected chi connectivity index (χ4v) is 2.45. The van der Waals surface area contributed by atoms with Gasteiger partial charge in [0.15, 0.2) is 0 Å². The number of carbonyl (C=O) groups excluding carboxylic acids is 1. The first-order chi connectivity index (χ1) is 16.4. The van der Waals surface area contributed by atoms with Crippen LogP contribution in [0.4, 0.5) is 5.69 Å². The topological polar surface area (TPSA) is 117 Å². The minimum absolute atomic E-state index is 0.0785. The van der Waals surface area contributed by atoms with Gasteiger partial charge in [0.25, 0.3) is 0 Å². The number of nitrogen functional groups attached to an aromatic ring is 1. The standard InChI is InChI=1S/C24H41NO9/c1-24(2,3)34-23(26)20-32-17-16-30-13-12-28-9-8-27-10-11-29-14-15-31-18-19-33-22-7-5-4-6-21(22)25/h4-7H,8-20,25H2,1-3H3. The van der Waals surface area contributed by atoms with E-state index in [1.165, 1.54) is 0 Å². The molecule has 0 aliphatic carbocycles. The molecule has 1 aromatic rings. The van der Waals surface area contributed by atoms with Gasteiger partial charge in [-0.2, -0.15) is 0 Å². The summed E-state index contributed by atoms with van der Waals surface area (Å²) in [6, 6.07) is 7.36. The van der Waals surface area contributed by atoms with Crippen molar-refractivity contribution in [2.24, 2.45) is 0 Å². The van der Waals surface area contributed by atoms with Crippen molar-refractivity contribution in [3.05, 3.63) is 24.3 Å². The van der Waals surface area contributed by atoms with E-state index in [0.29, 0.717) is 90.7 Å². The van der Waals surface area contributed by atoms with Crippen molar-refractivity contribution in [1.29, 1.82) is 0 Å². The number of carbonyl (C=O) groups is 1. The zero-order valence-corrected chi connectivity index (χ0v) is 20.8. The van der Waals surface area contributed by atoms with Crippen LogP contribution in [0.5, 0.6) is 5.75 Å². The molecule has 2 N–H and O–H groups in total. The van der Waals surface area contributed by atoms with Gasteiger partial charge in [-0.05, 0) is 32.9 Å². The Bertz CT molecular complexity index is 637. The average molecular weight is 488 g/mol. The summed E-state index contributed by atoms with van der Waals surface area (Å²) >= 11 is 0. The third kappa shape index (κ3) is 18.5. The van der Waals surface area contributed by atoms with Gasteiger partial charge in [0.2, 0.25) is 0 Å². The van der Waals surface area contributed by atoms with Crippen molar-refractivity contribution in [3.8, 4) is 5.75 Å². The summed E-state index contributed by atoms with van der Waals surface area (Å²) in [5.41, 5.74) is 5.90. The monoisotopic (exact) mass is 487 g/mol. The second kappa shape index (κ2) is 19.4. The number of esters is 1. The summed E-state index contributed by atoms with van der Waals surface area (Å²) in [6.45, 7) is 10.8. The van der Waals surface area contributed by atoms with Gasteiger partial charge in [-0.1, -0.05) is 12.1 Å². The minimum atomic E-state index is -0.505. The van der Waals surface area contributed by atoms with Crippen LogP contribution < -0.4 is 10.5 Å². The van der Waals surface area contributed by atoms with E-state index in [1.54, 1.807) is 6.07 Å². The fraction of sp³-hybridized carbons (Fsp3) is 0.708. The van der Waals surface area contributed by atoms with Gasteiger partial charge in [-0.15, -0.1) is 0 Å². The van der Waals surface area contributed by atoms with Gasteiger partial charge in [0.05, 0.1) is 78.4 Å². The SMILES string of the molecule is CC(C)(C)OC(=O)COCCOCCOCCOCCOCCOCCOc1ccccc1N. The minimum Gasteiger partial charge on any atom is -0.489 e. The molecule has 0 fully saturated rings. The molecule has 0 saturated heterocycles. The number of ether oxygens (including phenoxy) is 8. The lowest BCUT2D eigenvalue weighted by molar-refractivity contribution is -0.160. The fourth-order valence-electron chi connectivity index (χ4n) is 2.45. The van der Waals surface area contributed by atoms with Crippen LogP contribution in [-0.2, 0) is 38.0 Å². The predicted octanol–water partition coefficient (Wildman–Crippen LogP) is 2.09. The molecule has 0 bridgehead atoms. The van der Waals surface area contributed by atoms with E-state index in [2.05, 4.69) is 0 Å². The Morgan fingerprint density at radius 3 is 1.53 bits per heavy atom. The highest BCUT2D eigenvalue weighted by Gasteiger charge is 2.15. The number of benzene rings is 1. The molecule has 0 heterocycles. The van der Waals surface area contributed by atoms with E-state index in [9.17, 15) is 4.79 Å². The summed E-state index contributed by atoms with van der Waals surface area (Å²) in [6.07, 6.45) is 0. The number of anilines is 1. The summed E-state index contributed by atoms with van der Waals surface area (Å²) in [7, 11) is 0. The molecular weight excluding hydrogens is 446 g/mol. The molecule has 0 aromatic heterocycles. The number of rotatable bonds is 21. The summed E-state index contributed by atoms with van der Waals surface area (Å²) < 4.78 is 42.9. The smallest absolute Gasteiger partial charge is 0.332 e. The lowest BCUT2D eigenvalue weighted by Crippen LogP contribution is -2.27. The molecule has 0 spiro atoms. The molecule has 10 nitrogen and oxygen atoms in total. The van der Waals surface area contributed by atoms with Crippen molar-refractivity contribution in [2.75, 3.05) is 91.6 Å². The van der Waals surface area contributed by atoms with Crippen LogP contribution in [0.2, 0.25) is 0 Å². The van der Waals surface area contributed by atoms with Crippen molar-refractivity contribution in [3.63, 3.8) is 0 Å². The Hall–Kier alpha value is -1.95. The van der Waals surface area contributed by atoms with Crippen molar-refractivity contribution in [1.82, 2.24) is 0 Å². The molecule has 0 atom stereocenters. The zero-order valence-electron chi connectivity index (χ0n) is 20.8. The highest BCUT2D eigenvalue weighted by atomic mass is 16.6. The zero-order chi connectivity index (χ0) is 24.9. The molecule has 0 saturated carbocycles. The van der Waals surface area contributed by atoms with Crippen LogP contribution in [0.3, 0.4) is 0 Å². The van der Waals surface area contributed by atoms with E-state index in [4.69, 9.17) is 43.6 Å². The lowest BCUT2D eigenvalue weighted by Gasteiger charge is -2.19.